The summed E-state index contributed by atoms with van der Waals surface area (Å²) in [4.78, 5) is 1.42. The Morgan fingerprint density at radius 2 is 2.08 bits per heavy atom. The number of halogens is 2. The third kappa shape index (κ3) is 1.22. The van der Waals surface area contributed by atoms with Crippen LogP contribution in [0.25, 0.3) is 11.0 Å². The smallest absolute Gasteiger partial charge is 0.134 e. The molecule has 0 bridgehead atoms. The topological polar surface area (TPSA) is 56.7 Å². The second-order valence-corrected chi connectivity index (χ2v) is 3.43. The molecule has 2 N–H and O–H groups in total. The number of anilines is 1. The van der Waals surface area contributed by atoms with Crippen molar-refractivity contribution in [3.63, 3.8) is 0 Å². The molecule has 0 saturated heterocycles. The third-order valence-corrected chi connectivity index (χ3v) is 2.40. The van der Waals surface area contributed by atoms with Crippen LogP contribution in [0.15, 0.2) is 6.07 Å². The number of aryl methyl sites for hydroxylation is 1. The summed E-state index contributed by atoms with van der Waals surface area (Å²) in [5, 5.41) is 8.86. The van der Waals surface area contributed by atoms with Crippen LogP contribution < -0.4 is 5.73 Å². The normalized spacial score (nSPS) is 11.0. The third-order valence-electron chi connectivity index (χ3n) is 1.70. The van der Waals surface area contributed by atoms with Crippen molar-refractivity contribution in [1.29, 1.82) is 0 Å². The lowest BCUT2D eigenvalue weighted by Gasteiger charge is -1.99. The molecule has 1 aromatic carbocycles. The van der Waals surface area contributed by atoms with E-state index in [-0.39, 0.29) is 0 Å². The summed E-state index contributed by atoms with van der Waals surface area (Å²) in [6, 6.07) is 1.64. The Bertz CT molecular complexity index is 477. The Labute approximate surface area is 84.2 Å². The molecule has 0 unspecified atom stereocenters. The summed E-state index contributed by atoms with van der Waals surface area (Å²) < 4.78 is 0. The number of nitrogens with zero attached hydrogens (tertiary/aromatic N) is 3. The van der Waals surface area contributed by atoms with Gasteiger partial charge in [0, 0.05) is 7.05 Å². The van der Waals surface area contributed by atoms with Gasteiger partial charge in [-0.05, 0) is 6.07 Å². The van der Waals surface area contributed by atoms with Gasteiger partial charge in [-0.2, -0.15) is 15.0 Å². The molecule has 0 aliphatic heterocycles. The molecule has 0 saturated carbocycles. The lowest BCUT2D eigenvalue weighted by atomic mass is 10.3. The quantitative estimate of drug-likeness (QED) is 0.685. The van der Waals surface area contributed by atoms with Gasteiger partial charge in [0.2, 0.25) is 0 Å². The highest BCUT2D eigenvalue weighted by atomic mass is 35.5. The Hall–Kier alpha value is -1.00. The van der Waals surface area contributed by atoms with E-state index in [0.29, 0.717) is 26.8 Å². The van der Waals surface area contributed by atoms with Crippen molar-refractivity contribution in [3.05, 3.63) is 16.1 Å². The minimum Gasteiger partial charge on any atom is -0.396 e. The highest BCUT2D eigenvalue weighted by Gasteiger charge is 2.11. The minimum absolute atomic E-state index is 0.344. The number of fused-ring (bicyclic) bond motifs is 1. The van der Waals surface area contributed by atoms with Crippen LogP contribution in [0.2, 0.25) is 10.0 Å². The predicted molar refractivity (Wildman–Crippen MR) is 52.9 cm³/mol. The van der Waals surface area contributed by atoms with Crippen LogP contribution in [0.4, 0.5) is 5.69 Å². The second-order valence-electron chi connectivity index (χ2n) is 2.64. The summed E-state index contributed by atoms with van der Waals surface area (Å²) in [5.41, 5.74) is 7.18. The number of hydrogen-bond acceptors (Lipinski definition) is 3. The summed E-state index contributed by atoms with van der Waals surface area (Å²) in [6.45, 7) is 0. The van der Waals surface area contributed by atoms with E-state index < -0.39 is 0 Å². The van der Waals surface area contributed by atoms with Gasteiger partial charge in [0.15, 0.2) is 0 Å². The first kappa shape index (κ1) is 8.59. The fourth-order valence-corrected chi connectivity index (χ4v) is 1.59. The van der Waals surface area contributed by atoms with Gasteiger partial charge in [-0.3, -0.25) is 0 Å². The maximum atomic E-state index is 5.92. The van der Waals surface area contributed by atoms with E-state index in [1.165, 1.54) is 4.80 Å². The van der Waals surface area contributed by atoms with Gasteiger partial charge in [0.1, 0.15) is 11.0 Å². The first-order valence-electron chi connectivity index (χ1n) is 3.54. The molecule has 1 aromatic heterocycles. The minimum atomic E-state index is 0.344. The Morgan fingerprint density at radius 3 is 2.77 bits per heavy atom. The van der Waals surface area contributed by atoms with Crippen molar-refractivity contribution < 1.29 is 0 Å². The SMILES string of the molecule is Cn1nc2cc(Cl)c(N)c(Cl)c2n1. The molecule has 0 aliphatic carbocycles. The zero-order chi connectivity index (χ0) is 9.59. The van der Waals surface area contributed by atoms with Crippen molar-refractivity contribution >= 4 is 39.9 Å². The molecule has 6 heteroatoms. The highest BCUT2D eigenvalue weighted by Crippen LogP contribution is 2.32. The molecule has 13 heavy (non-hydrogen) atoms. The number of aromatic nitrogens is 3. The molecule has 0 aliphatic rings. The van der Waals surface area contributed by atoms with Crippen molar-refractivity contribution in [2.45, 2.75) is 0 Å². The average molecular weight is 217 g/mol. The molecule has 0 atom stereocenters. The second kappa shape index (κ2) is 2.75. The van der Waals surface area contributed by atoms with Crippen LogP contribution in [0.5, 0.6) is 0 Å². The number of rotatable bonds is 0. The maximum Gasteiger partial charge on any atom is 0.134 e. The van der Waals surface area contributed by atoms with Crippen LogP contribution in [-0.4, -0.2) is 15.0 Å². The summed E-state index contributed by atoms with van der Waals surface area (Å²) >= 11 is 11.7. The monoisotopic (exact) mass is 216 g/mol. The molecule has 0 radical (unpaired) electrons. The maximum absolute atomic E-state index is 5.92. The lowest BCUT2D eigenvalue weighted by Crippen LogP contribution is -1.91. The number of nitrogen functional groups attached to an aromatic ring is 1. The van der Waals surface area contributed by atoms with Crippen LogP contribution in [-0.2, 0) is 7.05 Å². The highest BCUT2D eigenvalue weighted by molar-refractivity contribution is 6.42. The molecule has 1 heterocycles. The lowest BCUT2D eigenvalue weighted by molar-refractivity contribution is 0.665. The zero-order valence-electron chi connectivity index (χ0n) is 6.75. The van der Waals surface area contributed by atoms with E-state index >= 15 is 0 Å². The molecule has 4 nitrogen and oxygen atoms in total. The van der Waals surface area contributed by atoms with Gasteiger partial charge in [-0.15, -0.1) is 0 Å². The van der Waals surface area contributed by atoms with Gasteiger partial charge in [-0.1, -0.05) is 23.2 Å². The van der Waals surface area contributed by atoms with Crippen molar-refractivity contribution in [1.82, 2.24) is 15.0 Å². The van der Waals surface area contributed by atoms with Crippen LogP contribution in [0, 0.1) is 0 Å². The fourth-order valence-electron chi connectivity index (χ4n) is 1.11. The molecular weight excluding hydrogens is 211 g/mol. The molecule has 2 aromatic rings. The Balaban J connectivity index is 2.92. The fraction of sp³-hybridized carbons (Fsp3) is 0.143. The van der Waals surface area contributed by atoms with E-state index in [2.05, 4.69) is 10.2 Å². The first-order valence-corrected chi connectivity index (χ1v) is 4.29. The standard InChI is InChI=1S/C7H6Cl2N4/c1-13-11-4-2-3(8)6(10)5(9)7(4)12-13/h2H,10H2,1H3. The largest absolute Gasteiger partial charge is 0.396 e. The Kier molecular flexibility index (Phi) is 1.82. The average Bonchev–Trinajstić information content (AvgIpc) is 2.42. The predicted octanol–water partition coefficient (Wildman–Crippen LogP) is 1.86. The van der Waals surface area contributed by atoms with Crippen LogP contribution in [0.1, 0.15) is 0 Å². The van der Waals surface area contributed by atoms with Gasteiger partial charge in [-0.25, -0.2) is 0 Å². The first-order chi connectivity index (χ1) is 6.09. The summed E-state index contributed by atoms with van der Waals surface area (Å²) in [7, 11) is 1.71. The Morgan fingerprint density at radius 1 is 1.38 bits per heavy atom. The zero-order valence-corrected chi connectivity index (χ0v) is 8.26. The molecule has 0 amide bonds. The van der Waals surface area contributed by atoms with Crippen LogP contribution >= 0.6 is 23.2 Å². The van der Waals surface area contributed by atoms with E-state index in [9.17, 15) is 0 Å². The molecular formula is C7H6Cl2N4. The van der Waals surface area contributed by atoms with Gasteiger partial charge < -0.3 is 5.73 Å². The molecule has 0 fully saturated rings. The van der Waals surface area contributed by atoms with E-state index in [1.807, 2.05) is 0 Å². The van der Waals surface area contributed by atoms with E-state index in [1.54, 1.807) is 13.1 Å². The van der Waals surface area contributed by atoms with Gasteiger partial charge in [0.25, 0.3) is 0 Å². The van der Waals surface area contributed by atoms with Crippen LogP contribution in [0.3, 0.4) is 0 Å². The van der Waals surface area contributed by atoms with Crippen molar-refractivity contribution in [3.8, 4) is 0 Å². The van der Waals surface area contributed by atoms with Crippen molar-refractivity contribution in [2.75, 3.05) is 5.73 Å². The summed E-state index contributed by atoms with van der Waals surface area (Å²) in [5.74, 6) is 0. The van der Waals surface area contributed by atoms with Gasteiger partial charge in [0.05, 0.1) is 15.7 Å². The molecule has 2 rings (SSSR count). The number of hydrogen-bond donors (Lipinski definition) is 1. The molecule has 0 spiro atoms. The van der Waals surface area contributed by atoms with E-state index in [0.717, 1.165) is 0 Å². The number of nitrogens with two attached hydrogens (primary N) is 1. The van der Waals surface area contributed by atoms with Crippen molar-refractivity contribution in [2.24, 2.45) is 7.05 Å². The summed E-state index contributed by atoms with van der Waals surface area (Å²) in [6.07, 6.45) is 0. The number of benzene rings is 1. The molecule has 68 valence electrons. The van der Waals surface area contributed by atoms with Gasteiger partial charge >= 0.3 is 0 Å². The van der Waals surface area contributed by atoms with E-state index in [4.69, 9.17) is 28.9 Å².